The van der Waals surface area contributed by atoms with Gasteiger partial charge in [-0.05, 0) is 25.0 Å². The Hall–Kier alpha value is -1.94. The number of hydrogen-bond acceptors (Lipinski definition) is 4. The van der Waals surface area contributed by atoms with E-state index in [9.17, 15) is 0 Å². The van der Waals surface area contributed by atoms with E-state index >= 15 is 0 Å². The van der Waals surface area contributed by atoms with Crippen LogP contribution in [-0.4, -0.2) is 16.5 Å². The Kier molecular flexibility index (Phi) is 4.47. The highest BCUT2D eigenvalue weighted by Gasteiger charge is 2.12. The van der Waals surface area contributed by atoms with Crippen molar-refractivity contribution in [3.05, 3.63) is 53.5 Å². The summed E-state index contributed by atoms with van der Waals surface area (Å²) in [6, 6.07) is 8.40. The first-order chi connectivity index (χ1) is 9.26. The molecule has 1 heterocycles. The van der Waals surface area contributed by atoms with Crippen LogP contribution in [-0.2, 0) is 13.1 Å². The first-order valence-corrected chi connectivity index (χ1v) is 6.55. The van der Waals surface area contributed by atoms with Gasteiger partial charge in [0, 0.05) is 32.0 Å². The third kappa shape index (κ3) is 3.09. The standard InChI is InChI=1S/C15H20N4/c1-3-19(11-13-7-5-4-6-12(13)2)15-14(10-16)17-8-9-18-15/h4-9H,3,10-11,16H2,1-2H3. The first kappa shape index (κ1) is 13.5. The molecule has 0 saturated heterocycles. The van der Waals surface area contributed by atoms with Crippen molar-refractivity contribution in [2.45, 2.75) is 26.9 Å². The Morgan fingerprint density at radius 2 is 1.89 bits per heavy atom. The van der Waals surface area contributed by atoms with E-state index in [1.54, 1.807) is 12.4 Å². The molecule has 0 atom stereocenters. The van der Waals surface area contributed by atoms with Gasteiger partial charge in [-0.15, -0.1) is 0 Å². The predicted octanol–water partition coefficient (Wildman–Crippen LogP) is 2.27. The van der Waals surface area contributed by atoms with Crippen molar-refractivity contribution in [1.82, 2.24) is 9.97 Å². The maximum absolute atomic E-state index is 5.74. The Labute approximate surface area is 114 Å². The van der Waals surface area contributed by atoms with Crippen molar-refractivity contribution < 1.29 is 0 Å². The van der Waals surface area contributed by atoms with Gasteiger partial charge < -0.3 is 10.6 Å². The molecule has 2 rings (SSSR count). The molecule has 0 spiro atoms. The Morgan fingerprint density at radius 3 is 2.58 bits per heavy atom. The van der Waals surface area contributed by atoms with E-state index in [1.807, 2.05) is 0 Å². The Morgan fingerprint density at radius 1 is 1.16 bits per heavy atom. The van der Waals surface area contributed by atoms with Gasteiger partial charge in [0.1, 0.15) is 0 Å². The van der Waals surface area contributed by atoms with Crippen LogP contribution in [0.3, 0.4) is 0 Å². The third-order valence-electron chi connectivity index (χ3n) is 3.25. The number of rotatable bonds is 5. The van der Waals surface area contributed by atoms with E-state index in [0.29, 0.717) is 6.54 Å². The number of anilines is 1. The summed E-state index contributed by atoms with van der Waals surface area (Å²) in [5.41, 5.74) is 9.18. The molecule has 4 nitrogen and oxygen atoms in total. The van der Waals surface area contributed by atoms with Crippen LogP contribution in [0, 0.1) is 6.92 Å². The number of nitrogens with two attached hydrogens (primary N) is 1. The highest BCUT2D eigenvalue weighted by atomic mass is 15.2. The summed E-state index contributed by atoms with van der Waals surface area (Å²) in [6.45, 7) is 6.36. The fourth-order valence-electron chi connectivity index (χ4n) is 2.10. The second-order valence-electron chi connectivity index (χ2n) is 4.47. The average molecular weight is 256 g/mol. The van der Waals surface area contributed by atoms with Gasteiger partial charge in [0.05, 0.1) is 5.69 Å². The zero-order valence-electron chi connectivity index (χ0n) is 11.5. The molecule has 2 N–H and O–H groups in total. The van der Waals surface area contributed by atoms with Gasteiger partial charge >= 0.3 is 0 Å². The molecule has 0 saturated carbocycles. The monoisotopic (exact) mass is 256 g/mol. The molecule has 0 amide bonds. The zero-order valence-corrected chi connectivity index (χ0v) is 11.5. The molecule has 1 aromatic heterocycles. The van der Waals surface area contributed by atoms with Gasteiger partial charge in [-0.3, -0.25) is 4.98 Å². The summed E-state index contributed by atoms with van der Waals surface area (Å²) in [5, 5.41) is 0. The molecular weight excluding hydrogens is 236 g/mol. The van der Waals surface area contributed by atoms with E-state index < -0.39 is 0 Å². The summed E-state index contributed by atoms with van der Waals surface area (Å²) in [5.74, 6) is 0.885. The van der Waals surface area contributed by atoms with Crippen LogP contribution >= 0.6 is 0 Å². The SMILES string of the molecule is CCN(Cc1ccccc1C)c1nccnc1CN. The third-order valence-corrected chi connectivity index (χ3v) is 3.25. The van der Waals surface area contributed by atoms with Gasteiger partial charge in [-0.25, -0.2) is 4.98 Å². The van der Waals surface area contributed by atoms with Crippen LogP contribution in [0.25, 0.3) is 0 Å². The zero-order chi connectivity index (χ0) is 13.7. The largest absolute Gasteiger partial charge is 0.351 e. The van der Waals surface area contributed by atoms with Crippen LogP contribution in [0.5, 0.6) is 0 Å². The minimum atomic E-state index is 0.410. The van der Waals surface area contributed by atoms with Crippen LogP contribution in [0.1, 0.15) is 23.7 Å². The molecule has 0 aliphatic carbocycles. The molecule has 4 heteroatoms. The number of benzene rings is 1. The quantitative estimate of drug-likeness (QED) is 0.891. The average Bonchev–Trinajstić information content (AvgIpc) is 2.46. The minimum absolute atomic E-state index is 0.410. The van der Waals surface area contributed by atoms with E-state index in [-0.39, 0.29) is 0 Å². The lowest BCUT2D eigenvalue weighted by Gasteiger charge is -2.24. The maximum Gasteiger partial charge on any atom is 0.151 e. The highest BCUT2D eigenvalue weighted by Crippen LogP contribution is 2.18. The lowest BCUT2D eigenvalue weighted by Crippen LogP contribution is -2.26. The van der Waals surface area contributed by atoms with Gasteiger partial charge in [0.25, 0.3) is 0 Å². The highest BCUT2D eigenvalue weighted by molar-refractivity contribution is 5.44. The molecule has 0 fully saturated rings. The Balaban J connectivity index is 2.28. The van der Waals surface area contributed by atoms with E-state index in [4.69, 9.17) is 5.73 Å². The van der Waals surface area contributed by atoms with Crippen molar-refractivity contribution in [3.8, 4) is 0 Å². The van der Waals surface area contributed by atoms with E-state index in [2.05, 4.69) is 53.0 Å². The van der Waals surface area contributed by atoms with Crippen molar-refractivity contribution in [3.63, 3.8) is 0 Å². The second-order valence-corrected chi connectivity index (χ2v) is 4.47. The minimum Gasteiger partial charge on any atom is -0.351 e. The summed E-state index contributed by atoms with van der Waals surface area (Å²) in [4.78, 5) is 10.9. The molecule has 2 aromatic rings. The van der Waals surface area contributed by atoms with Crippen molar-refractivity contribution in [2.24, 2.45) is 5.73 Å². The van der Waals surface area contributed by atoms with Crippen molar-refractivity contribution in [2.75, 3.05) is 11.4 Å². The van der Waals surface area contributed by atoms with Crippen LogP contribution in [0.2, 0.25) is 0 Å². The second kappa shape index (κ2) is 6.29. The molecule has 0 unspecified atom stereocenters. The number of nitrogens with zero attached hydrogens (tertiary/aromatic N) is 3. The Bertz CT molecular complexity index is 539. The van der Waals surface area contributed by atoms with Crippen LogP contribution in [0.4, 0.5) is 5.82 Å². The van der Waals surface area contributed by atoms with Gasteiger partial charge in [-0.1, -0.05) is 24.3 Å². The number of aromatic nitrogens is 2. The van der Waals surface area contributed by atoms with E-state index in [0.717, 1.165) is 24.6 Å². The normalized spacial score (nSPS) is 10.5. The van der Waals surface area contributed by atoms with Crippen molar-refractivity contribution in [1.29, 1.82) is 0 Å². The van der Waals surface area contributed by atoms with Gasteiger partial charge in [0.15, 0.2) is 5.82 Å². The summed E-state index contributed by atoms with van der Waals surface area (Å²) in [6.07, 6.45) is 3.41. The van der Waals surface area contributed by atoms with Crippen molar-refractivity contribution >= 4 is 5.82 Å². The maximum atomic E-state index is 5.74. The molecule has 0 radical (unpaired) electrons. The number of hydrogen-bond donors (Lipinski definition) is 1. The van der Waals surface area contributed by atoms with Gasteiger partial charge in [0.2, 0.25) is 0 Å². The van der Waals surface area contributed by atoms with Crippen LogP contribution in [0.15, 0.2) is 36.7 Å². The molecule has 100 valence electrons. The van der Waals surface area contributed by atoms with Crippen LogP contribution < -0.4 is 10.6 Å². The molecular formula is C15H20N4. The molecule has 0 bridgehead atoms. The topological polar surface area (TPSA) is 55.0 Å². The fraction of sp³-hybridized carbons (Fsp3) is 0.333. The summed E-state index contributed by atoms with van der Waals surface area (Å²) < 4.78 is 0. The fourth-order valence-corrected chi connectivity index (χ4v) is 2.10. The van der Waals surface area contributed by atoms with E-state index in [1.165, 1.54) is 11.1 Å². The smallest absolute Gasteiger partial charge is 0.151 e. The molecule has 19 heavy (non-hydrogen) atoms. The summed E-state index contributed by atoms with van der Waals surface area (Å²) in [7, 11) is 0. The molecule has 1 aromatic carbocycles. The molecule has 0 aliphatic rings. The lowest BCUT2D eigenvalue weighted by molar-refractivity contribution is 0.786. The number of aryl methyl sites for hydroxylation is 1. The first-order valence-electron chi connectivity index (χ1n) is 6.55. The molecule has 0 aliphatic heterocycles. The lowest BCUT2D eigenvalue weighted by atomic mass is 10.1. The van der Waals surface area contributed by atoms with Gasteiger partial charge in [-0.2, -0.15) is 0 Å². The summed E-state index contributed by atoms with van der Waals surface area (Å²) >= 11 is 0. The predicted molar refractivity (Wildman–Crippen MR) is 77.8 cm³/mol.